The maximum absolute atomic E-state index is 12.4. The van der Waals surface area contributed by atoms with Crippen LogP contribution in [0.4, 0.5) is 4.79 Å². The van der Waals surface area contributed by atoms with Crippen molar-refractivity contribution in [2.45, 2.75) is 25.3 Å². The minimum absolute atomic E-state index is 0.0694. The number of benzene rings is 1. The van der Waals surface area contributed by atoms with E-state index in [4.69, 9.17) is 0 Å². The third-order valence-electron chi connectivity index (χ3n) is 5.54. The number of amides is 4. The van der Waals surface area contributed by atoms with Crippen LogP contribution < -0.4 is 5.32 Å². The first kappa shape index (κ1) is 16.8. The fourth-order valence-corrected chi connectivity index (χ4v) is 4.07. The van der Waals surface area contributed by atoms with Crippen molar-refractivity contribution in [2.75, 3.05) is 20.6 Å². The first-order valence-corrected chi connectivity index (χ1v) is 8.91. The predicted octanol–water partition coefficient (Wildman–Crippen LogP) is 1.80. The van der Waals surface area contributed by atoms with E-state index >= 15 is 0 Å². The Morgan fingerprint density at radius 1 is 1.04 bits per heavy atom. The van der Waals surface area contributed by atoms with Crippen LogP contribution in [-0.2, 0) is 16.0 Å². The molecule has 1 atom stereocenters. The highest BCUT2D eigenvalue weighted by atomic mass is 16.2. The van der Waals surface area contributed by atoms with Gasteiger partial charge in [-0.1, -0.05) is 18.2 Å². The molecule has 1 saturated heterocycles. The highest BCUT2D eigenvalue weighted by molar-refractivity contribution is 6.15. The molecule has 4 rings (SSSR count). The summed E-state index contributed by atoms with van der Waals surface area (Å²) < 4.78 is 0. The third kappa shape index (κ3) is 2.50. The lowest BCUT2D eigenvalue weighted by molar-refractivity contribution is -0.148. The molecule has 0 radical (unpaired) electrons. The highest BCUT2D eigenvalue weighted by Gasteiger charge is 2.42. The molecular formula is C19H22N4O3. The van der Waals surface area contributed by atoms with Crippen LogP contribution in [0.5, 0.6) is 0 Å². The summed E-state index contributed by atoms with van der Waals surface area (Å²) in [7, 11) is 2.85. The number of aromatic amines is 1. The van der Waals surface area contributed by atoms with Crippen LogP contribution in [0.1, 0.15) is 30.1 Å². The van der Waals surface area contributed by atoms with Gasteiger partial charge in [0.2, 0.25) is 11.8 Å². The van der Waals surface area contributed by atoms with Gasteiger partial charge in [-0.2, -0.15) is 0 Å². The molecule has 2 N–H and O–H groups in total. The van der Waals surface area contributed by atoms with Crippen LogP contribution in [-0.4, -0.2) is 53.3 Å². The van der Waals surface area contributed by atoms with Crippen LogP contribution in [0, 0.1) is 5.92 Å². The summed E-state index contributed by atoms with van der Waals surface area (Å²) in [6, 6.07) is 7.74. The summed E-state index contributed by atoms with van der Waals surface area (Å²) >= 11 is 0. The largest absolute Gasteiger partial charge is 0.357 e. The Balaban J connectivity index is 1.55. The monoisotopic (exact) mass is 354 g/mol. The summed E-state index contributed by atoms with van der Waals surface area (Å²) in [5, 5.41) is 4.73. The lowest BCUT2D eigenvalue weighted by Crippen LogP contribution is -2.56. The fourth-order valence-electron chi connectivity index (χ4n) is 4.07. The zero-order valence-corrected chi connectivity index (χ0v) is 14.9. The van der Waals surface area contributed by atoms with Crippen molar-refractivity contribution < 1.29 is 14.4 Å². The van der Waals surface area contributed by atoms with Crippen molar-refractivity contribution in [2.24, 2.45) is 5.92 Å². The van der Waals surface area contributed by atoms with Crippen LogP contribution in [0.25, 0.3) is 10.9 Å². The smallest absolute Gasteiger partial charge is 0.332 e. The highest BCUT2D eigenvalue weighted by Crippen LogP contribution is 2.33. The number of rotatable bonds is 3. The molecular weight excluding hydrogens is 332 g/mol. The molecule has 2 aromatic rings. The topological polar surface area (TPSA) is 85.5 Å². The van der Waals surface area contributed by atoms with E-state index in [0.29, 0.717) is 12.8 Å². The number of barbiturate groups is 1. The van der Waals surface area contributed by atoms with E-state index < -0.39 is 23.8 Å². The molecule has 1 aromatic heterocycles. The van der Waals surface area contributed by atoms with Gasteiger partial charge in [0, 0.05) is 36.7 Å². The van der Waals surface area contributed by atoms with Crippen molar-refractivity contribution >= 4 is 28.7 Å². The minimum Gasteiger partial charge on any atom is -0.357 e. The molecule has 0 bridgehead atoms. The van der Waals surface area contributed by atoms with Gasteiger partial charge in [0.1, 0.15) is 5.92 Å². The minimum atomic E-state index is -0.792. The summed E-state index contributed by atoms with van der Waals surface area (Å²) in [5.74, 6) is -1.61. The summed E-state index contributed by atoms with van der Waals surface area (Å²) in [4.78, 5) is 42.2. The molecule has 0 saturated carbocycles. The molecule has 2 aliphatic rings. The Morgan fingerprint density at radius 2 is 1.73 bits per heavy atom. The second-order valence-corrected chi connectivity index (χ2v) is 7.03. The van der Waals surface area contributed by atoms with Gasteiger partial charge in [0.15, 0.2) is 0 Å². The Hall–Kier alpha value is -2.67. The van der Waals surface area contributed by atoms with E-state index in [-0.39, 0.29) is 6.04 Å². The van der Waals surface area contributed by atoms with Crippen LogP contribution >= 0.6 is 0 Å². The number of nitrogens with one attached hydrogen (secondary N) is 2. The molecule has 1 aromatic carbocycles. The Bertz CT molecular complexity index is 879. The SMILES string of the molecule is CN1C(=O)C(CCC2NCCc3c2[nH]c2ccccc32)C(=O)N(C)C1=O. The van der Waals surface area contributed by atoms with E-state index in [1.165, 1.54) is 25.0 Å². The van der Waals surface area contributed by atoms with Gasteiger partial charge in [0.25, 0.3) is 0 Å². The molecule has 0 spiro atoms. The number of urea groups is 1. The average molecular weight is 354 g/mol. The molecule has 26 heavy (non-hydrogen) atoms. The molecule has 3 heterocycles. The first-order chi connectivity index (χ1) is 12.5. The number of para-hydroxylation sites is 1. The quantitative estimate of drug-likeness (QED) is 0.823. The van der Waals surface area contributed by atoms with Crippen molar-refractivity contribution in [3.8, 4) is 0 Å². The summed E-state index contributed by atoms with van der Waals surface area (Å²) in [5.41, 5.74) is 3.57. The van der Waals surface area contributed by atoms with E-state index in [2.05, 4.69) is 22.4 Å². The number of imide groups is 2. The van der Waals surface area contributed by atoms with Gasteiger partial charge in [-0.25, -0.2) is 4.79 Å². The standard InChI is InChI=1S/C19H22N4O3/c1-22-17(24)13(18(25)23(2)19(22)26)7-8-15-16-12(9-10-20-15)11-5-3-4-6-14(11)21-16/h3-6,13,15,20-21H,7-10H2,1-2H3. The molecule has 4 amide bonds. The van der Waals surface area contributed by atoms with Gasteiger partial charge < -0.3 is 10.3 Å². The third-order valence-corrected chi connectivity index (χ3v) is 5.54. The number of nitrogens with zero attached hydrogens (tertiary/aromatic N) is 2. The van der Waals surface area contributed by atoms with Crippen molar-refractivity contribution in [3.05, 3.63) is 35.5 Å². The normalized spacial score (nSPS) is 21.6. The first-order valence-electron chi connectivity index (χ1n) is 8.91. The number of hydrogen-bond acceptors (Lipinski definition) is 4. The van der Waals surface area contributed by atoms with E-state index in [1.807, 2.05) is 12.1 Å². The molecule has 136 valence electrons. The average Bonchev–Trinajstić information content (AvgIpc) is 3.04. The summed E-state index contributed by atoms with van der Waals surface area (Å²) in [6.07, 6.45) is 2.01. The van der Waals surface area contributed by atoms with E-state index in [0.717, 1.165) is 34.0 Å². The second-order valence-electron chi connectivity index (χ2n) is 7.03. The zero-order valence-electron chi connectivity index (χ0n) is 14.9. The Labute approximate surface area is 151 Å². The zero-order chi connectivity index (χ0) is 18.4. The fraction of sp³-hybridized carbons (Fsp3) is 0.421. The van der Waals surface area contributed by atoms with Crippen molar-refractivity contribution in [3.63, 3.8) is 0 Å². The number of carbonyl (C=O) groups is 3. The molecule has 7 nitrogen and oxygen atoms in total. The number of hydrogen-bond donors (Lipinski definition) is 2. The molecule has 0 aliphatic carbocycles. The number of carbonyl (C=O) groups excluding carboxylic acids is 3. The van der Waals surface area contributed by atoms with Crippen molar-refractivity contribution in [1.29, 1.82) is 0 Å². The maximum atomic E-state index is 12.4. The summed E-state index contributed by atoms with van der Waals surface area (Å²) in [6.45, 7) is 0.865. The Kier molecular flexibility index (Phi) is 4.03. The molecule has 1 fully saturated rings. The second kappa shape index (κ2) is 6.25. The van der Waals surface area contributed by atoms with Gasteiger partial charge in [0.05, 0.1) is 0 Å². The number of H-pyrrole nitrogens is 1. The van der Waals surface area contributed by atoms with Crippen LogP contribution in [0.15, 0.2) is 24.3 Å². The number of fused-ring (bicyclic) bond motifs is 3. The molecule has 2 aliphatic heterocycles. The van der Waals surface area contributed by atoms with E-state index in [9.17, 15) is 14.4 Å². The number of aromatic nitrogens is 1. The van der Waals surface area contributed by atoms with Crippen molar-refractivity contribution in [1.82, 2.24) is 20.1 Å². The van der Waals surface area contributed by atoms with Gasteiger partial charge >= 0.3 is 6.03 Å². The van der Waals surface area contributed by atoms with Crippen LogP contribution in [0.2, 0.25) is 0 Å². The molecule has 7 heteroatoms. The van der Waals surface area contributed by atoms with E-state index in [1.54, 1.807) is 0 Å². The predicted molar refractivity (Wildman–Crippen MR) is 96.4 cm³/mol. The maximum Gasteiger partial charge on any atom is 0.332 e. The van der Waals surface area contributed by atoms with Crippen LogP contribution in [0.3, 0.4) is 0 Å². The Morgan fingerprint density at radius 3 is 2.46 bits per heavy atom. The lowest BCUT2D eigenvalue weighted by atomic mass is 9.91. The lowest BCUT2D eigenvalue weighted by Gasteiger charge is -2.33. The van der Waals surface area contributed by atoms with Gasteiger partial charge in [-0.05, 0) is 37.4 Å². The molecule has 1 unspecified atom stereocenters. The van der Waals surface area contributed by atoms with Gasteiger partial charge in [-0.15, -0.1) is 0 Å². The van der Waals surface area contributed by atoms with Gasteiger partial charge in [-0.3, -0.25) is 19.4 Å².